The molecule has 3 rings (SSSR count). The van der Waals surface area contributed by atoms with E-state index in [-0.39, 0.29) is 32.9 Å². The van der Waals surface area contributed by atoms with Crippen LogP contribution in [-0.4, -0.2) is 67.4 Å². The SMILES string of the molecule is CNS(=O)(=O)c1ccc(SCC(F)(F)F)c(Nc2cc(Nc3ccc(OCC(F)(F)F)cc3)ncn2)c1.O=C(O)C(F)(F)F. The number of halogens is 9. The fraction of sp³-hybridized carbons (Fsp3) is 0.261. The number of alkyl halides is 9. The van der Waals surface area contributed by atoms with E-state index in [2.05, 4.69) is 30.1 Å². The number of aromatic nitrogens is 2. The van der Waals surface area contributed by atoms with Gasteiger partial charge in [0, 0.05) is 16.6 Å². The van der Waals surface area contributed by atoms with E-state index >= 15 is 0 Å². The number of aliphatic carboxylic acids is 1. The number of anilines is 4. The van der Waals surface area contributed by atoms with Crippen molar-refractivity contribution in [1.29, 1.82) is 0 Å². The molecular weight excluding hydrogens is 661 g/mol. The first-order valence-corrected chi connectivity index (χ1v) is 13.9. The molecule has 0 radical (unpaired) electrons. The zero-order chi connectivity index (χ0) is 33.3. The van der Waals surface area contributed by atoms with Crippen LogP contribution in [0.4, 0.5) is 62.5 Å². The maximum atomic E-state index is 12.8. The number of carboxylic acids is 1. The largest absolute Gasteiger partial charge is 0.490 e. The molecule has 242 valence electrons. The summed E-state index contributed by atoms with van der Waals surface area (Å²) in [6.07, 6.45) is -12.8. The Balaban J connectivity index is 0.000000860. The summed E-state index contributed by atoms with van der Waals surface area (Å²) in [4.78, 5) is 16.9. The van der Waals surface area contributed by atoms with Crippen LogP contribution in [0.3, 0.4) is 0 Å². The summed E-state index contributed by atoms with van der Waals surface area (Å²) in [5, 5.41) is 12.8. The minimum atomic E-state index is -5.08. The number of nitrogens with one attached hydrogen (secondary N) is 3. The second-order valence-electron chi connectivity index (χ2n) is 8.04. The number of carbonyl (C=O) groups is 1. The van der Waals surface area contributed by atoms with Gasteiger partial charge in [-0.2, -0.15) is 39.5 Å². The maximum Gasteiger partial charge on any atom is 0.490 e. The summed E-state index contributed by atoms with van der Waals surface area (Å²) >= 11 is 0.470. The van der Waals surface area contributed by atoms with Crippen LogP contribution >= 0.6 is 11.8 Å². The first-order chi connectivity index (χ1) is 20.2. The lowest BCUT2D eigenvalue weighted by molar-refractivity contribution is -0.192. The van der Waals surface area contributed by atoms with Crippen molar-refractivity contribution in [3.63, 3.8) is 0 Å². The van der Waals surface area contributed by atoms with Crippen molar-refractivity contribution in [2.24, 2.45) is 0 Å². The highest BCUT2D eigenvalue weighted by Crippen LogP contribution is 2.35. The fourth-order valence-corrected chi connectivity index (χ4v) is 4.26. The van der Waals surface area contributed by atoms with Gasteiger partial charge in [-0.1, -0.05) is 0 Å². The Morgan fingerprint density at radius 1 is 0.886 bits per heavy atom. The highest BCUT2D eigenvalue weighted by molar-refractivity contribution is 7.99. The van der Waals surface area contributed by atoms with Gasteiger partial charge in [-0.05, 0) is 49.5 Å². The van der Waals surface area contributed by atoms with Crippen LogP contribution < -0.4 is 20.1 Å². The minimum absolute atomic E-state index is 0.00760. The molecule has 0 atom stereocenters. The number of hydrogen-bond donors (Lipinski definition) is 4. The van der Waals surface area contributed by atoms with Gasteiger partial charge < -0.3 is 20.5 Å². The lowest BCUT2D eigenvalue weighted by Gasteiger charge is -2.15. The van der Waals surface area contributed by atoms with Gasteiger partial charge in [0.25, 0.3) is 0 Å². The number of rotatable bonds is 10. The van der Waals surface area contributed by atoms with Crippen LogP contribution in [0, 0.1) is 0 Å². The normalized spacial score (nSPS) is 12.1. The summed E-state index contributed by atoms with van der Waals surface area (Å²) in [6, 6.07) is 10.6. The van der Waals surface area contributed by atoms with E-state index < -0.39 is 46.9 Å². The van der Waals surface area contributed by atoms with Crippen molar-refractivity contribution in [3.8, 4) is 5.75 Å². The third kappa shape index (κ3) is 12.7. The van der Waals surface area contributed by atoms with Crippen molar-refractivity contribution < 1.29 is 62.6 Å². The van der Waals surface area contributed by atoms with Gasteiger partial charge in [0.15, 0.2) is 6.61 Å². The molecule has 1 heterocycles. The number of ether oxygens (including phenoxy) is 1. The monoisotopic (exact) mass is 681 g/mol. The number of sulfonamides is 1. The number of thioether (sulfide) groups is 1. The Morgan fingerprint density at radius 2 is 1.45 bits per heavy atom. The summed E-state index contributed by atoms with van der Waals surface area (Å²) < 4.78 is 138. The molecule has 44 heavy (non-hydrogen) atoms. The van der Waals surface area contributed by atoms with Crippen LogP contribution in [0.15, 0.2) is 64.6 Å². The molecule has 3 aromatic rings. The third-order valence-electron chi connectivity index (χ3n) is 4.62. The molecule has 10 nitrogen and oxygen atoms in total. The molecule has 0 spiro atoms. The Kier molecular flexibility index (Phi) is 12.1. The molecule has 0 amide bonds. The van der Waals surface area contributed by atoms with Gasteiger partial charge in [0.05, 0.1) is 16.3 Å². The lowest BCUT2D eigenvalue weighted by Crippen LogP contribution is -2.21. The van der Waals surface area contributed by atoms with Gasteiger partial charge in [-0.25, -0.2) is 27.9 Å². The topological polar surface area (TPSA) is 143 Å². The summed E-state index contributed by atoms with van der Waals surface area (Å²) in [7, 11) is -2.68. The quantitative estimate of drug-likeness (QED) is 0.147. The standard InChI is InChI=1S/C21H19F6N5O3S2.C2HF3O2/c1-28-37(33,34)15-6-7-17(36-11-21(25,26)27)16(8-15)32-19-9-18(29-12-30-19)31-13-2-4-14(5-3-13)35-10-20(22,23)24;3-2(4,5)1(6)7/h2-9,12,28H,10-11H2,1H3,(H2,29,30,31,32);(H,6,7). The molecule has 0 saturated carbocycles. The van der Waals surface area contributed by atoms with Crippen LogP contribution in [0.2, 0.25) is 0 Å². The third-order valence-corrected chi connectivity index (χ3v) is 7.17. The molecule has 0 aliphatic carbocycles. The smallest absolute Gasteiger partial charge is 0.484 e. The van der Waals surface area contributed by atoms with Crippen molar-refractivity contribution in [1.82, 2.24) is 14.7 Å². The highest BCUT2D eigenvalue weighted by atomic mass is 32.2. The Labute approximate surface area is 247 Å². The van der Waals surface area contributed by atoms with E-state index in [9.17, 15) is 47.9 Å². The predicted octanol–water partition coefficient (Wildman–Crippen LogP) is 6.10. The minimum Gasteiger partial charge on any atom is -0.484 e. The molecule has 2 aromatic carbocycles. The van der Waals surface area contributed by atoms with E-state index in [0.29, 0.717) is 17.4 Å². The van der Waals surface area contributed by atoms with Gasteiger partial charge in [0.1, 0.15) is 23.7 Å². The average Bonchev–Trinajstić information content (AvgIpc) is 2.91. The first kappa shape index (κ1) is 36.2. The number of benzene rings is 2. The van der Waals surface area contributed by atoms with Crippen LogP contribution in [0.5, 0.6) is 5.75 Å². The Morgan fingerprint density at radius 3 is 1.95 bits per heavy atom. The second-order valence-corrected chi connectivity index (χ2v) is 10.9. The Hall–Kier alpha value is -3.98. The van der Waals surface area contributed by atoms with Gasteiger partial charge in [-0.3, -0.25) is 0 Å². The Bertz CT molecular complexity index is 1520. The molecule has 0 fully saturated rings. The number of hydrogen-bond acceptors (Lipinski definition) is 9. The second kappa shape index (κ2) is 14.7. The molecule has 4 N–H and O–H groups in total. The molecule has 0 aliphatic rings. The van der Waals surface area contributed by atoms with Crippen molar-refractivity contribution in [3.05, 3.63) is 54.9 Å². The zero-order valence-corrected chi connectivity index (χ0v) is 23.4. The molecule has 0 unspecified atom stereocenters. The lowest BCUT2D eigenvalue weighted by atomic mass is 10.3. The van der Waals surface area contributed by atoms with E-state index in [4.69, 9.17) is 9.90 Å². The summed E-state index contributed by atoms with van der Waals surface area (Å²) in [5.41, 5.74) is 0.522. The maximum absolute atomic E-state index is 12.8. The van der Waals surface area contributed by atoms with Crippen molar-refractivity contribution in [2.75, 3.05) is 30.0 Å². The van der Waals surface area contributed by atoms with Crippen molar-refractivity contribution in [2.45, 2.75) is 28.3 Å². The fourth-order valence-electron chi connectivity index (χ4n) is 2.76. The molecule has 0 saturated heterocycles. The van der Waals surface area contributed by atoms with Gasteiger partial charge in [0.2, 0.25) is 10.0 Å². The van der Waals surface area contributed by atoms with Crippen molar-refractivity contribution >= 4 is 50.8 Å². The van der Waals surface area contributed by atoms with E-state index in [1.165, 1.54) is 55.6 Å². The zero-order valence-electron chi connectivity index (χ0n) is 21.8. The molecule has 0 aliphatic heterocycles. The first-order valence-electron chi connectivity index (χ1n) is 11.4. The van der Waals surface area contributed by atoms with Crippen LogP contribution in [-0.2, 0) is 14.8 Å². The predicted molar refractivity (Wildman–Crippen MR) is 140 cm³/mol. The molecular formula is C23H20F9N5O5S2. The van der Waals surface area contributed by atoms with Crippen LogP contribution in [0.1, 0.15) is 0 Å². The summed E-state index contributed by atoms with van der Waals surface area (Å²) in [5.74, 6) is -3.57. The van der Waals surface area contributed by atoms with Crippen LogP contribution in [0.25, 0.3) is 0 Å². The molecule has 0 bridgehead atoms. The van der Waals surface area contributed by atoms with E-state index in [1.807, 2.05) is 0 Å². The highest BCUT2D eigenvalue weighted by Gasteiger charge is 2.38. The molecule has 21 heteroatoms. The number of nitrogens with zero attached hydrogens (tertiary/aromatic N) is 2. The average molecular weight is 682 g/mol. The molecule has 1 aromatic heterocycles. The van der Waals surface area contributed by atoms with Gasteiger partial charge >= 0.3 is 24.5 Å². The van der Waals surface area contributed by atoms with E-state index in [1.54, 1.807) is 0 Å². The summed E-state index contributed by atoms with van der Waals surface area (Å²) in [6.45, 7) is -1.43. The van der Waals surface area contributed by atoms with E-state index in [0.717, 1.165) is 6.33 Å². The van der Waals surface area contributed by atoms with Gasteiger partial charge in [-0.15, -0.1) is 11.8 Å². The number of carboxylic acid groups (broad SMARTS) is 1.